The Labute approximate surface area is 148 Å². The van der Waals surface area contributed by atoms with Gasteiger partial charge in [0, 0.05) is 19.1 Å². The minimum Gasteiger partial charge on any atom is -0.493 e. The first kappa shape index (κ1) is 18.0. The van der Waals surface area contributed by atoms with E-state index in [2.05, 4.69) is 4.90 Å². The molecule has 138 valence electrons. The summed E-state index contributed by atoms with van der Waals surface area (Å²) in [5.41, 5.74) is 2.43. The number of hydrogen-bond acceptors (Lipinski definition) is 5. The number of benzene rings is 1. The van der Waals surface area contributed by atoms with Crippen LogP contribution in [0.2, 0.25) is 0 Å². The maximum Gasteiger partial charge on any atom is 0.306 e. The zero-order valence-corrected chi connectivity index (χ0v) is 15.1. The molecule has 0 bridgehead atoms. The first-order valence-corrected chi connectivity index (χ1v) is 8.84. The first-order valence-electron chi connectivity index (χ1n) is 8.84. The fraction of sp³-hybridized carbons (Fsp3) is 0.632. The number of nitrogens with zero attached hydrogens (tertiary/aromatic N) is 1. The summed E-state index contributed by atoms with van der Waals surface area (Å²) in [4.78, 5) is 13.5. The van der Waals surface area contributed by atoms with E-state index < -0.39 is 18.0 Å². The van der Waals surface area contributed by atoms with Crippen molar-refractivity contribution in [2.24, 2.45) is 11.8 Å². The lowest BCUT2D eigenvalue weighted by atomic mass is 9.79. The summed E-state index contributed by atoms with van der Waals surface area (Å²) in [5, 5.41) is 19.8. The molecule has 1 fully saturated rings. The minimum absolute atomic E-state index is 0.00374. The Hall–Kier alpha value is -1.79. The van der Waals surface area contributed by atoms with E-state index in [1.807, 2.05) is 12.1 Å². The average molecular weight is 349 g/mol. The molecule has 1 aromatic rings. The average Bonchev–Trinajstić information content (AvgIpc) is 2.60. The Bertz CT molecular complexity index is 647. The van der Waals surface area contributed by atoms with Crippen LogP contribution in [0.3, 0.4) is 0 Å². The van der Waals surface area contributed by atoms with E-state index >= 15 is 0 Å². The van der Waals surface area contributed by atoms with Crippen LogP contribution in [0, 0.1) is 11.8 Å². The van der Waals surface area contributed by atoms with Gasteiger partial charge in [0.2, 0.25) is 0 Å². The lowest BCUT2D eigenvalue weighted by Crippen LogP contribution is -2.48. The van der Waals surface area contributed by atoms with Crippen LogP contribution in [0.15, 0.2) is 12.1 Å². The van der Waals surface area contributed by atoms with Crippen molar-refractivity contribution >= 4 is 5.97 Å². The molecule has 1 saturated heterocycles. The molecule has 0 aliphatic carbocycles. The summed E-state index contributed by atoms with van der Waals surface area (Å²) in [6, 6.07) is 4.21. The zero-order valence-electron chi connectivity index (χ0n) is 15.1. The Kier molecular flexibility index (Phi) is 5.20. The standard InChI is InChI=1S/C19H27NO5/c1-11(19(22)23)6-13-10-20-5-4-12-7-17(24-2)18(25-3)8-14(12)15(20)9-16(13)21/h7-8,11,13,15-16,21H,4-6,9-10H2,1-3H3,(H,22,23)/t11?,13-,15-,16+/m0/s1. The summed E-state index contributed by atoms with van der Waals surface area (Å²) < 4.78 is 10.8. The van der Waals surface area contributed by atoms with Crippen molar-refractivity contribution in [3.63, 3.8) is 0 Å². The van der Waals surface area contributed by atoms with Gasteiger partial charge >= 0.3 is 5.97 Å². The summed E-state index contributed by atoms with van der Waals surface area (Å²) in [6.07, 6.45) is 1.57. The van der Waals surface area contributed by atoms with Gasteiger partial charge in [-0.15, -0.1) is 0 Å². The molecule has 4 atom stereocenters. The van der Waals surface area contributed by atoms with Crippen LogP contribution in [0.5, 0.6) is 11.5 Å². The molecule has 25 heavy (non-hydrogen) atoms. The predicted molar refractivity (Wildman–Crippen MR) is 93.1 cm³/mol. The van der Waals surface area contributed by atoms with Crippen LogP contribution in [0.1, 0.15) is 36.9 Å². The molecule has 2 heterocycles. The molecule has 3 rings (SSSR count). The summed E-state index contributed by atoms with van der Waals surface area (Å²) in [6.45, 7) is 3.36. The Morgan fingerprint density at radius 2 is 2.00 bits per heavy atom. The van der Waals surface area contributed by atoms with Gasteiger partial charge in [0.15, 0.2) is 11.5 Å². The second-order valence-corrected chi connectivity index (χ2v) is 7.20. The third kappa shape index (κ3) is 3.46. The SMILES string of the molecule is COc1cc2c(cc1OC)[C@@H]1C[C@@H](O)[C@@H](CC(C)C(=O)O)CN1CC2. The zero-order chi connectivity index (χ0) is 18.1. The van der Waals surface area contributed by atoms with Gasteiger partial charge in [0.05, 0.1) is 26.2 Å². The van der Waals surface area contributed by atoms with Gasteiger partial charge in [0.25, 0.3) is 0 Å². The van der Waals surface area contributed by atoms with Crippen molar-refractivity contribution in [3.05, 3.63) is 23.3 Å². The molecule has 0 spiro atoms. The van der Waals surface area contributed by atoms with Crippen LogP contribution in [0.4, 0.5) is 0 Å². The van der Waals surface area contributed by atoms with E-state index in [0.29, 0.717) is 18.6 Å². The van der Waals surface area contributed by atoms with E-state index in [4.69, 9.17) is 14.6 Å². The Morgan fingerprint density at radius 1 is 1.32 bits per heavy atom. The van der Waals surface area contributed by atoms with Crippen molar-refractivity contribution in [1.82, 2.24) is 4.90 Å². The van der Waals surface area contributed by atoms with Crippen LogP contribution in [-0.4, -0.2) is 54.5 Å². The summed E-state index contributed by atoms with van der Waals surface area (Å²) in [7, 11) is 3.27. The number of carboxylic acid groups (broad SMARTS) is 1. The molecule has 0 radical (unpaired) electrons. The number of aliphatic hydroxyl groups is 1. The Balaban J connectivity index is 1.82. The fourth-order valence-corrected chi connectivity index (χ4v) is 4.21. The topological polar surface area (TPSA) is 79.2 Å². The van der Waals surface area contributed by atoms with Crippen molar-refractivity contribution in [2.75, 3.05) is 27.3 Å². The van der Waals surface area contributed by atoms with E-state index in [0.717, 1.165) is 25.3 Å². The molecule has 6 nitrogen and oxygen atoms in total. The maximum absolute atomic E-state index is 11.1. The fourth-order valence-electron chi connectivity index (χ4n) is 4.21. The third-order valence-electron chi connectivity index (χ3n) is 5.67. The van der Waals surface area contributed by atoms with Crippen LogP contribution < -0.4 is 9.47 Å². The molecule has 0 saturated carbocycles. The number of carboxylic acids is 1. The van der Waals surface area contributed by atoms with Crippen molar-refractivity contribution in [1.29, 1.82) is 0 Å². The number of rotatable bonds is 5. The van der Waals surface area contributed by atoms with Crippen LogP contribution in [0.25, 0.3) is 0 Å². The normalized spacial score (nSPS) is 27.1. The Morgan fingerprint density at radius 3 is 2.64 bits per heavy atom. The number of ether oxygens (including phenoxy) is 2. The monoisotopic (exact) mass is 349 g/mol. The van der Waals surface area contributed by atoms with Gasteiger partial charge in [-0.1, -0.05) is 6.92 Å². The molecule has 1 aromatic carbocycles. The molecular weight excluding hydrogens is 322 g/mol. The van der Waals surface area contributed by atoms with E-state index in [-0.39, 0.29) is 12.0 Å². The number of hydrogen-bond donors (Lipinski definition) is 2. The number of carbonyl (C=O) groups is 1. The van der Waals surface area contributed by atoms with E-state index in [9.17, 15) is 9.90 Å². The molecule has 1 unspecified atom stereocenters. The predicted octanol–water partition coefficient (Wildman–Crippen LogP) is 2.09. The molecule has 2 aliphatic rings. The molecular formula is C19H27NO5. The highest BCUT2D eigenvalue weighted by molar-refractivity contribution is 5.69. The minimum atomic E-state index is -0.796. The van der Waals surface area contributed by atoms with Crippen LogP contribution >= 0.6 is 0 Å². The lowest BCUT2D eigenvalue weighted by Gasteiger charge is -2.46. The van der Waals surface area contributed by atoms with Gasteiger partial charge in [-0.05, 0) is 48.4 Å². The number of methoxy groups -OCH3 is 2. The number of piperidine rings is 1. The summed E-state index contributed by atoms with van der Waals surface area (Å²) in [5.74, 6) is 0.218. The highest BCUT2D eigenvalue weighted by Crippen LogP contribution is 2.43. The highest BCUT2D eigenvalue weighted by atomic mass is 16.5. The van der Waals surface area contributed by atoms with Crippen LogP contribution in [-0.2, 0) is 11.2 Å². The molecule has 2 aliphatic heterocycles. The lowest BCUT2D eigenvalue weighted by molar-refractivity contribution is -0.142. The second-order valence-electron chi connectivity index (χ2n) is 7.20. The van der Waals surface area contributed by atoms with Gasteiger partial charge in [-0.2, -0.15) is 0 Å². The van der Waals surface area contributed by atoms with Crippen molar-refractivity contribution in [2.45, 2.75) is 38.3 Å². The maximum atomic E-state index is 11.1. The molecule has 0 aromatic heterocycles. The van der Waals surface area contributed by atoms with Crippen molar-refractivity contribution in [3.8, 4) is 11.5 Å². The molecule has 2 N–H and O–H groups in total. The number of aliphatic hydroxyl groups excluding tert-OH is 1. The smallest absolute Gasteiger partial charge is 0.306 e. The molecule has 0 amide bonds. The van der Waals surface area contributed by atoms with Gasteiger partial charge in [-0.25, -0.2) is 0 Å². The number of aliphatic carboxylic acids is 1. The summed E-state index contributed by atoms with van der Waals surface area (Å²) >= 11 is 0. The second kappa shape index (κ2) is 7.22. The van der Waals surface area contributed by atoms with Gasteiger partial charge < -0.3 is 19.7 Å². The molecule has 6 heteroatoms. The van der Waals surface area contributed by atoms with Gasteiger partial charge in [-0.3, -0.25) is 9.69 Å². The largest absolute Gasteiger partial charge is 0.493 e. The van der Waals surface area contributed by atoms with Crippen molar-refractivity contribution < 1.29 is 24.5 Å². The third-order valence-corrected chi connectivity index (χ3v) is 5.67. The highest BCUT2D eigenvalue weighted by Gasteiger charge is 2.39. The first-order chi connectivity index (χ1) is 11.9. The number of fused-ring (bicyclic) bond motifs is 3. The van der Waals surface area contributed by atoms with Gasteiger partial charge in [0.1, 0.15) is 0 Å². The van der Waals surface area contributed by atoms with E-state index in [1.165, 1.54) is 11.1 Å². The quantitative estimate of drug-likeness (QED) is 0.847. The van der Waals surface area contributed by atoms with E-state index in [1.54, 1.807) is 21.1 Å².